The highest BCUT2D eigenvalue weighted by Crippen LogP contribution is 2.34. The summed E-state index contributed by atoms with van der Waals surface area (Å²) in [4.78, 5) is 16.8. The van der Waals surface area contributed by atoms with Crippen LogP contribution in [0.15, 0.2) is 71.9 Å². The highest BCUT2D eigenvalue weighted by atomic mass is 35.5. The van der Waals surface area contributed by atoms with Crippen molar-refractivity contribution in [1.29, 1.82) is 0 Å². The molecule has 0 saturated heterocycles. The van der Waals surface area contributed by atoms with Gasteiger partial charge in [0, 0.05) is 16.9 Å². The van der Waals surface area contributed by atoms with Gasteiger partial charge in [-0.2, -0.15) is 0 Å². The first kappa shape index (κ1) is 26.3. The van der Waals surface area contributed by atoms with Crippen molar-refractivity contribution in [2.24, 2.45) is 0 Å². The van der Waals surface area contributed by atoms with Gasteiger partial charge < -0.3 is 10.1 Å². The number of hydrogen-bond acceptors (Lipinski definition) is 7. The Bertz CT molecular complexity index is 1420. The molecule has 2 N–H and O–H groups in total. The van der Waals surface area contributed by atoms with Crippen molar-refractivity contribution >= 4 is 54.6 Å². The number of nitrogens with one attached hydrogen (secondary N) is 2. The fraction of sp³-hybridized carbons (Fsp3) is 0.182. The molecule has 13 heteroatoms. The normalized spacial score (nSPS) is 12.5. The minimum absolute atomic E-state index is 0.0335. The van der Waals surface area contributed by atoms with Crippen LogP contribution in [0.5, 0.6) is 5.75 Å². The SMILES string of the molecule is COc1ccc(Cl)cc1N(C(C)C(=O)Nc1ccc(S(=O)(=O)Nc2cccnc2)cc1)S(C)(=O)=O. The molecule has 0 aliphatic heterocycles. The highest BCUT2D eigenvalue weighted by Gasteiger charge is 2.31. The first-order valence-electron chi connectivity index (χ1n) is 10.1. The second-order valence-electron chi connectivity index (χ2n) is 7.41. The minimum Gasteiger partial charge on any atom is -0.495 e. The average Bonchev–Trinajstić information content (AvgIpc) is 2.79. The van der Waals surface area contributed by atoms with Crippen molar-refractivity contribution in [3.8, 4) is 5.75 Å². The van der Waals surface area contributed by atoms with E-state index in [1.165, 1.54) is 68.9 Å². The van der Waals surface area contributed by atoms with Crippen LogP contribution >= 0.6 is 11.6 Å². The van der Waals surface area contributed by atoms with E-state index < -0.39 is 32.0 Å². The molecule has 3 aromatic rings. The van der Waals surface area contributed by atoms with Gasteiger partial charge in [-0.15, -0.1) is 0 Å². The molecule has 0 aliphatic carbocycles. The maximum atomic E-state index is 13.0. The summed E-state index contributed by atoms with van der Waals surface area (Å²) in [7, 11) is -6.42. The highest BCUT2D eigenvalue weighted by molar-refractivity contribution is 7.92. The average molecular weight is 539 g/mol. The third-order valence-corrected chi connectivity index (χ3v) is 7.67. The maximum absolute atomic E-state index is 13.0. The molecule has 0 aliphatic rings. The number of aromatic nitrogens is 1. The summed E-state index contributed by atoms with van der Waals surface area (Å²) < 4.78 is 58.9. The quantitative estimate of drug-likeness (QED) is 0.426. The lowest BCUT2D eigenvalue weighted by Crippen LogP contribution is -2.45. The van der Waals surface area contributed by atoms with E-state index in [0.29, 0.717) is 5.69 Å². The number of anilines is 3. The lowest BCUT2D eigenvalue weighted by atomic mass is 10.2. The number of pyridine rings is 1. The molecule has 186 valence electrons. The monoisotopic (exact) mass is 538 g/mol. The molecule has 0 saturated carbocycles. The number of rotatable bonds is 9. The molecule has 2 aromatic carbocycles. The van der Waals surface area contributed by atoms with Crippen LogP contribution in [0, 0.1) is 0 Å². The van der Waals surface area contributed by atoms with Gasteiger partial charge in [0.2, 0.25) is 15.9 Å². The van der Waals surface area contributed by atoms with Crippen molar-refractivity contribution in [2.75, 3.05) is 27.7 Å². The molecular formula is C22H23ClN4O6S2. The minimum atomic E-state index is -3.92. The summed E-state index contributed by atoms with van der Waals surface area (Å²) in [6.07, 6.45) is 3.85. The van der Waals surface area contributed by atoms with Crippen LogP contribution in [0.1, 0.15) is 6.92 Å². The molecule has 0 radical (unpaired) electrons. The van der Waals surface area contributed by atoms with Crippen LogP contribution in [0.25, 0.3) is 0 Å². The van der Waals surface area contributed by atoms with Gasteiger partial charge >= 0.3 is 0 Å². The Hall–Kier alpha value is -3.35. The number of carbonyl (C=O) groups excluding carboxylic acids is 1. The van der Waals surface area contributed by atoms with Crippen molar-refractivity contribution in [2.45, 2.75) is 17.9 Å². The Labute approximate surface area is 209 Å². The molecular weight excluding hydrogens is 516 g/mol. The molecule has 3 rings (SSSR count). The van der Waals surface area contributed by atoms with Crippen LogP contribution in [0.2, 0.25) is 5.02 Å². The molecule has 1 amide bonds. The van der Waals surface area contributed by atoms with Crippen LogP contribution in [-0.2, 0) is 24.8 Å². The van der Waals surface area contributed by atoms with Gasteiger partial charge in [0.25, 0.3) is 10.0 Å². The summed E-state index contributed by atoms with van der Waals surface area (Å²) in [6, 6.07) is 11.8. The Morgan fingerprint density at radius 2 is 1.74 bits per heavy atom. The lowest BCUT2D eigenvalue weighted by Gasteiger charge is -2.29. The standard InChI is InChI=1S/C22H23ClN4O6S2/c1-15(27(34(3,29)30)20-13-16(23)6-11-21(20)33-2)22(28)25-17-7-9-19(10-8-17)35(31,32)26-18-5-4-12-24-14-18/h4-15,26H,1-3H3,(H,25,28). The van der Waals surface area contributed by atoms with Crippen molar-refractivity contribution < 1.29 is 26.4 Å². The third-order valence-electron chi connectivity index (χ3n) is 4.81. The largest absolute Gasteiger partial charge is 0.495 e. The smallest absolute Gasteiger partial charge is 0.261 e. The number of ether oxygens (including phenoxy) is 1. The number of benzene rings is 2. The van der Waals surface area contributed by atoms with Gasteiger partial charge in [-0.1, -0.05) is 11.6 Å². The molecule has 1 unspecified atom stereocenters. The summed E-state index contributed by atoms with van der Waals surface area (Å²) in [5, 5.41) is 2.86. The predicted octanol–water partition coefficient (Wildman–Crippen LogP) is 3.34. The van der Waals surface area contributed by atoms with E-state index in [2.05, 4.69) is 15.0 Å². The van der Waals surface area contributed by atoms with E-state index >= 15 is 0 Å². The van der Waals surface area contributed by atoms with Crippen LogP contribution < -0.4 is 19.1 Å². The van der Waals surface area contributed by atoms with Gasteiger partial charge in [0.1, 0.15) is 11.8 Å². The van der Waals surface area contributed by atoms with Gasteiger partial charge in [-0.05, 0) is 61.5 Å². The topological polar surface area (TPSA) is 135 Å². The van der Waals surface area contributed by atoms with E-state index in [1.807, 2.05) is 0 Å². The number of hydrogen-bond donors (Lipinski definition) is 2. The zero-order valence-electron chi connectivity index (χ0n) is 19.0. The van der Waals surface area contributed by atoms with Crippen molar-refractivity contribution in [3.63, 3.8) is 0 Å². The molecule has 35 heavy (non-hydrogen) atoms. The Morgan fingerprint density at radius 1 is 1.06 bits per heavy atom. The molecule has 1 aromatic heterocycles. The van der Waals surface area contributed by atoms with E-state index in [9.17, 15) is 21.6 Å². The van der Waals surface area contributed by atoms with Crippen molar-refractivity contribution in [1.82, 2.24) is 4.98 Å². The summed E-state index contributed by atoms with van der Waals surface area (Å²) in [5.74, 6) is -0.434. The van der Waals surface area contributed by atoms with Gasteiger partial charge in [0.15, 0.2) is 0 Å². The summed E-state index contributed by atoms with van der Waals surface area (Å²) >= 11 is 6.05. The van der Waals surface area contributed by atoms with E-state index in [1.54, 1.807) is 12.1 Å². The van der Waals surface area contributed by atoms with Crippen LogP contribution in [-0.4, -0.2) is 47.1 Å². The molecule has 10 nitrogen and oxygen atoms in total. The third kappa shape index (κ3) is 6.41. The summed E-state index contributed by atoms with van der Waals surface area (Å²) in [5.41, 5.74) is 0.678. The molecule has 0 spiro atoms. The zero-order chi connectivity index (χ0) is 25.8. The van der Waals surface area contributed by atoms with Gasteiger partial charge in [0.05, 0.1) is 35.8 Å². The van der Waals surface area contributed by atoms with Crippen LogP contribution in [0.3, 0.4) is 0 Å². The second-order valence-corrected chi connectivity index (χ2v) is 11.4. The van der Waals surface area contributed by atoms with E-state index in [-0.39, 0.29) is 27.0 Å². The molecule has 0 fully saturated rings. The number of carbonyl (C=O) groups is 1. The number of halogens is 1. The predicted molar refractivity (Wildman–Crippen MR) is 135 cm³/mol. The number of sulfonamides is 2. The first-order chi connectivity index (χ1) is 16.4. The fourth-order valence-corrected chi connectivity index (χ4v) is 5.60. The van der Waals surface area contributed by atoms with E-state index in [0.717, 1.165) is 10.6 Å². The second kappa shape index (κ2) is 10.5. The Morgan fingerprint density at radius 3 is 2.31 bits per heavy atom. The molecule has 1 heterocycles. The zero-order valence-corrected chi connectivity index (χ0v) is 21.4. The van der Waals surface area contributed by atoms with Gasteiger partial charge in [-0.25, -0.2) is 16.8 Å². The summed E-state index contributed by atoms with van der Waals surface area (Å²) in [6.45, 7) is 1.41. The Balaban J connectivity index is 1.81. The Kier molecular flexibility index (Phi) is 7.88. The fourth-order valence-electron chi connectivity index (χ4n) is 3.22. The number of methoxy groups -OCH3 is 1. The van der Waals surface area contributed by atoms with E-state index in [4.69, 9.17) is 16.3 Å². The number of nitrogens with zero attached hydrogens (tertiary/aromatic N) is 2. The van der Waals surface area contributed by atoms with Crippen LogP contribution in [0.4, 0.5) is 17.1 Å². The molecule has 0 bridgehead atoms. The maximum Gasteiger partial charge on any atom is 0.261 e. The lowest BCUT2D eigenvalue weighted by molar-refractivity contribution is -0.116. The van der Waals surface area contributed by atoms with Crippen molar-refractivity contribution in [3.05, 3.63) is 72.0 Å². The first-order valence-corrected chi connectivity index (χ1v) is 13.8. The van der Waals surface area contributed by atoms with Gasteiger partial charge in [-0.3, -0.25) is 18.8 Å². The molecule has 1 atom stereocenters. The number of amides is 1.